The van der Waals surface area contributed by atoms with Crippen LogP contribution in [0.1, 0.15) is 53.0 Å². The van der Waals surface area contributed by atoms with Gasteiger partial charge in [-0.1, -0.05) is 29.8 Å². The third-order valence-corrected chi connectivity index (χ3v) is 5.28. The summed E-state index contributed by atoms with van der Waals surface area (Å²) >= 11 is 0. The van der Waals surface area contributed by atoms with Gasteiger partial charge >= 0.3 is 6.18 Å². The van der Waals surface area contributed by atoms with Crippen molar-refractivity contribution < 1.29 is 18.0 Å². The maximum Gasteiger partial charge on any atom is 0.410 e. The molecule has 1 fully saturated rings. The van der Waals surface area contributed by atoms with E-state index in [-0.39, 0.29) is 23.8 Å². The number of anilines is 1. The van der Waals surface area contributed by atoms with Crippen LogP contribution in [-0.4, -0.2) is 39.9 Å². The van der Waals surface area contributed by atoms with Crippen molar-refractivity contribution in [3.05, 3.63) is 47.2 Å². The normalized spacial score (nSPS) is 22.4. The highest BCUT2D eigenvalue weighted by atomic mass is 19.4. The number of hydrogen-bond donors (Lipinski definition) is 1. The van der Waals surface area contributed by atoms with Gasteiger partial charge in [0.15, 0.2) is 11.7 Å². The van der Waals surface area contributed by atoms with Crippen LogP contribution in [-0.2, 0) is 0 Å². The lowest BCUT2D eigenvalue weighted by molar-refractivity contribution is -0.173. The lowest BCUT2D eigenvalue weighted by atomic mass is 9.96. The van der Waals surface area contributed by atoms with E-state index < -0.39 is 18.3 Å². The van der Waals surface area contributed by atoms with Gasteiger partial charge in [0.05, 0.1) is 6.04 Å². The van der Waals surface area contributed by atoms with Gasteiger partial charge in [-0.25, -0.2) is 4.68 Å². The summed E-state index contributed by atoms with van der Waals surface area (Å²) in [4.78, 5) is 14.2. The first-order valence-electron chi connectivity index (χ1n) is 9.11. The van der Waals surface area contributed by atoms with Crippen molar-refractivity contribution in [3.8, 4) is 0 Å². The highest BCUT2D eigenvalue weighted by molar-refractivity contribution is 5.93. The number of fused-ring (bicyclic) bond motifs is 1. The second-order valence-electron chi connectivity index (χ2n) is 7.26. The third-order valence-electron chi connectivity index (χ3n) is 5.28. The number of likely N-dealkylation sites (tertiary alicyclic amines) is 1. The van der Waals surface area contributed by atoms with Crippen molar-refractivity contribution >= 4 is 11.7 Å². The highest BCUT2D eigenvalue weighted by Crippen LogP contribution is 2.43. The Morgan fingerprint density at radius 1 is 1.19 bits per heavy atom. The average molecular weight is 378 g/mol. The molecule has 0 radical (unpaired) electrons. The van der Waals surface area contributed by atoms with Crippen LogP contribution in [0.4, 0.5) is 19.0 Å². The van der Waals surface area contributed by atoms with E-state index in [0.717, 1.165) is 28.7 Å². The number of rotatable bonds is 2. The van der Waals surface area contributed by atoms with E-state index in [0.29, 0.717) is 13.1 Å². The topological polar surface area (TPSA) is 50.2 Å². The molecule has 2 aliphatic rings. The summed E-state index contributed by atoms with van der Waals surface area (Å²) in [7, 11) is 0. The summed E-state index contributed by atoms with van der Waals surface area (Å²) in [5.41, 5.74) is 1.90. The molecule has 144 valence electrons. The summed E-state index contributed by atoms with van der Waals surface area (Å²) in [5.74, 6) is -0.0688. The van der Waals surface area contributed by atoms with Crippen LogP contribution in [0.25, 0.3) is 0 Å². The van der Waals surface area contributed by atoms with Gasteiger partial charge in [0.2, 0.25) is 0 Å². The monoisotopic (exact) mass is 378 g/mol. The first-order valence-corrected chi connectivity index (χ1v) is 9.11. The Morgan fingerprint density at radius 3 is 2.48 bits per heavy atom. The summed E-state index contributed by atoms with van der Waals surface area (Å²) < 4.78 is 42.0. The predicted molar refractivity (Wildman–Crippen MR) is 94.6 cm³/mol. The number of amides is 1. The summed E-state index contributed by atoms with van der Waals surface area (Å²) in [6, 6.07) is 6.63. The standard InChI is InChI=1S/C19H21F3N4O/c1-12-4-6-13(7-5-12)14-10-16(19(20,21)22)26-17(23-14)11-15(24-26)18(27)25-8-2-3-9-25/h4-7,11,14,16,23H,2-3,8-10H2,1H3/t14-,16-/m1/s1. The van der Waals surface area contributed by atoms with Crippen LogP contribution in [0.5, 0.6) is 0 Å². The molecule has 5 nitrogen and oxygen atoms in total. The van der Waals surface area contributed by atoms with Gasteiger partial charge in [0, 0.05) is 25.6 Å². The molecule has 2 aliphatic heterocycles. The Morgan fingerprint density at radius 2 is 1.85 bits per heavy atom. The molecule has 27 heavy (non-hydrogen) atoms. The first-order chi connectivity index (χ1) is 12.8. The minimum absolute atomic E-state index is 0.0678. The number of aryl methyl sites for hydroxylation is 1. The molecule has 0 spiro atoms. The van der Waals surface area contributed by atoms with Gasteiger partial charge < -0.3 is 10.2 Å². The fraction of sp³-hybridized carbons (Fsp3) is 0.474. The molecule has 0 unspecified atom stereocenters. The quantitative estimate of drug-likeness (QED) is 0.856. The number of carbonyl (C=O) groups is 1. The Bertz CT molecular complexity index is 838. The van der Waals surface area contributed by atoms with Gasteiger partial charge in [0.1, 0.15) is 5.82 Å². The molecule has 3 heterocycles. The van der Waals surface area contributed by atoms with E-state index in [1.807, 2.05) is 31.2 Å². The number of alkyl halides is 3. The molecule has 0 bridgehead atoms. The molecule has 4 rings (SSSR count). The van der Waals surface area contributed by atoms with E-state index in [4.69, 9.17) is 0 Å². The number of halogens is 3. The molecule has 2 atom stereocenters. The molecule has 1 aromatic heterocycles. The lowest BCUT2D eigenvalue weighted by Crippen LogP contribution is -2.36. The molecule has 1 amide bonds. The zero-order chi connectivity index (χ0) is 19.2. The van der Waals surface area contributed by atoms with Crippen molar-refractivity contribution in [1.82, 2.24) is 14.7 Å². The molecule has 8 heteroatoms. The SMILES string of the molecule is Cc1ccc([C@H]2C[C@H](C(F)(F)F)n3nc(C(=O)N4CCCC4)cc3N2)cc1. The summed E-state index contributed by atoms with van der Waals surface area (Å²) in [6.07, 6.45) is -2.78. The van der Waals surface area contributed by atoms with E-state index in [2.05, 4.69) is 10.4 Å². The van der Waals surface area contributed by atoms with Crippen LogP contribution < -0.4 is 5.32 Å². The maximum atomic E-state index is 13.7. The maximum absolute atomic E-state index is 13.7. The Balaban J connectivity index is 1.67. The smallest absolute Gasteiger partial charge is 0.363 e. The molecule has 0 aliphatic carbocycles. The number of carbonyl (C=O) groups excluding carboxylic acids is 1. The second-order valence-corrected chi connectivity index (χ2v) is 7.26. The third kappa shape index (κ3) is 3.40. The molecular weight excluding hydrogens is 357 g/mol. The number of nitrogens with zero attached hydrogens (tertiary/aromatic N) is 3. The first kappa shape index (κ1) is 17.9. The lowest BCUT2D eigenvalue weighted by Gasteiger charge is -2.33. The largest absolute Gasteiger partial charge is 0.410 e. The van der Waals surface area contributed by atoms with Crippen molar-refractivity contribution in [2.24, 2.45) is 0 Å². The zero-order valence-electron chi connectivity index (χ0n) is 15.0. The van der Waals surface area contributed by atoms with Gasteiger partial charge in [0.25, 0.3) is 5.91 Å². The van der Waals surface area contributed by atoms with E-state index >= 15 is 0 Å². The molecule has 1 N–H and O–H groups in total. The number of benzene rings is 1. The Labute approximate surface area is 155 Å². The minimum atomic E-state index is -4.44. The number of hydrogen-bond acceptors (Lipinski definition) is 3. The van der Waals surface area contributed by atoms with E-state index in [1.165, 1.54) is 6.07 Å². The summed E-state index contributed by atoms with van der Waals surface area (Å²) in [5, 5.41) is 7.16. The van der Waals surface area contributed by atoms with Crippen LogP contribution in [0.2, 0.25) is 0 Å². The molecular formula is C19H21F3N4O. The van der Waals surface area contributed by atoms with E-state index in [1.54, 1.807) is 4.90 Å². The zero-order valence-corrected chi connectivity index (χ0v) is 15.0. The second kappa shape index (κ2) is 6.58. The van der Waals surface area contributed by atoms with Gasteiger partial charge in [-0.15, -0.1) is 0 Å². The van der Waals surface area contributed by atoms with Crippen LogP contribution in [0.15, 0.2) is 30.3 Å². The van der Waals surface area contributed by atoms with Gasteiger partial charge in [-0.3, -0.25) is 4.79 Å². The van der Waals surface area contributed by atoms with Crippen LogP contribution in [0, 0.1) is 6.92 Å². The molecule has 2 aromatic rings. The van der Waals surface area contributed by atoms with Crippen LogP contribution in [0.3, 0.4) is 0 Å². The van der Waals surface area contributed by atoms with Crippen LogP contribution >= 0.6 is 0 Å². The van der Waals surface area contributed by atoms with Crippen molar-refractivity contribution in [2.75, 3.05) is 18.4 Å². The molecule has 0 saturated carbocycles. The fourth-order valence-electron chi connectivity index (χ4n) is 3.78. The van der Waals surface area contributed by atoms with Gasteiger partial charge in [-0.05, 0) is 25.3 Å². The van der Waals surface area contributed by atoms with E-state index in [9.17, 15) is 18.0 Å². The number of nitrogens with one attached hydrogen (secondary N) is 1. The van der Waals surface area contributed by atoms with Crippen molar-refractivity contribution in [1.29, 1.82) is 0 Å². The molecule has 1 aromatic carbocycles. The average Bonchev–Trinajstić information content (AvgIpc) is 3.29. The van der Waals surface area contributed by atoms with Crippen molar-refractivity contribution in [3.63, 3.8) is 0 Å². The van der Waals surface area contributed by atoms with Crippen molar-refractivity contribution in [2.45, 2.75) is 44.4 Å². The predicted octanol–water partition coefficient (Wildman–Crippen LogP) is 4.09. The summed E-state index contributed by atoms with van der Waals surface area (Å²) in [6.45, 7) is 3.19. The Hall–Kier alpha value is -2.51. The Kier molecular flexibility index (Phi) is 4.36. The number of aromatic nitrogens is 2. The highest BCUT2D eigenvalue weighted by Gasteiger charge is 2.47. The minimum Gasteiger partial charge on any atom is -0.363 e. The van der Waals surface area contributed by atoms with Gasteiger partial charge in [-0.2, -0.15) is 18.3 Å². The molecule has 1 saturated heterocycles. The fourth-order valence-corrected chi connectivity index (χ4v) is 3.78.